The topological polar surface area (TPSA) is 101 Å². The molecule has 0 spiro atoms. The van der Waals surface area contributed by atoms with Gasteiger partial charge in [0.1, 0.15) is 11.2 Å². The van der Waals surface area contributed by atoms with Gasteiger partial charge in [-0.15, -0.1) is 0 Å². The molecule has 174 valence electrons. The largest absolute Gasteiger partial charge is 0.505 e. The Morgan fingerprint density at radius 3 is 2.64 bits per heavy atom. The Morgan fingerprint density at radius 2 is 2.03 bits per heavy atom. The Morgan fingerprint density at radius 1 is 1.33 bits per heavy atom. The maximum absolute atomic E-state index is 13.6. The fourth-order valence-corrected chi connectivity index (χ4v) is 4.38. The number of carbonyl (C=O) groups excluding carboxylic acids is 2. The van der Waals surface area contributed by atoms with Crippen molar-refractivity contribution in [2.45, 2.75) is 26.4 Å². The summed E-state index contributed by atoms with van der Waals surface area (Å²) in [5.74, 6) is -2.01. The number of nitrogens with zero attached hydrogens (tertiary/aromatic N) is 5. The fraction of sp³-hybridized carbons (Fsp3) is 0.364. The number of carbonyl (C=O) groups is 2. The number of aromatic nitrogens is 3. The van der Waals surface area contributed by atoms with Crippen LogP contribution in [0, 0.1) is 5.82 Å². The third-order valence-corrected chi connectivity index (χ3v) is 6.08. The van der Waals surface area contributed by atoms with Crippen LogP contribution < -0.4 is 5.56 Å². The second kappa shape index (κ2) is 8.18. The minimum atomic E-state index is -0.678. The fourth-order valence-electron chi connectivity index (χ4n) is 4.18. The molecule has 0 fully saturated rings. The van der Waals surface area contributed by atoms with E-state index < -0.39 is 28.9 Å². The van der Waals surface area contributed by atoms with Crippen LogP contribution >= 0.6 is 11.6 Å². The highest BCUT2D eigenvalue weighted by atomic mass is 35.5. The highest BCUT2D eigenvalue weighted by molar-refractivity contribution is 6.30. The van der Waals surface area contributed by atoms with Crippen LogP contribution in [0.25, 0.3) is 10.9 Å². The minimum Gasteiger partial charge on any atom is -0.505 e. The molecule has 1 aliphatic rings. The first kappa shape index (κ1) is 22.8. The number of amides is 2. The normalized spacial score (nSPS) is 15.8. The van der Waals surface area contributed by atoms with Gasteiger partial charge < -0.3 is 19.5 Å². The number of aromatic hydroxyl groups is 1. The van der Waals surface area contributed by atoms with Crippen LogP contribution in [0.2, 0.25) is 5.02 Å². The van der Waals surface area contributed by atoms with Gasteiger partial charge in [0.25, 0.3) is 17.4 Å². The molecule has 0 radical (unpaired) electrons. The SMILES string of the molecule is CCN1C[C@H](C)n2c(c(O)c3c(=O)n(Cc4ccc(F)c(Cl)c4)nc(C(=O)N(C)C)c32)C1=O. The van der Waals surface area contributed by atoms with E-state index in [2.05, 4.69) is 5.10 Å². The van der Waals surface area contributed by atoms with E-state index in [9.17, 15) is 23.9 Å². The van der Waals surface area contributed by atoms with Gasteiger partial charge in [0.05, 0.1) is 17.1 Å². The first-order valence-corrected chi connectivity index (χ1v) is 10.8. The molecular weight excluding hydrogens is 453 g/mol. The summed E-state index contributed by atoms with van der Waals surface area (Å²) in [5.41, 5.74) is -0.197. The van der Waals surface area contributed by atoms with Crippen molar-refractivity contribution in [3.8, 4) is 5.75 Å². The first-order chi connectivity index (χ1) is 15.6. The van der Waals surface area contributed by atoms with Gasteiger partial charge in [-0.25, -0.2) is 9.07 Å². The quantitative estimate of drug-likeness (QED) is 0.624. The molecule has 0 aliphatic carbocycles. The van der Waals surface area contributed by atoms with Crippen molar-refractivity contribution in [3.63, 3.8) is 0 Å². The minimum absolute atomic E-state index is 0.0418. The Kier molecular flexibility index (Phi) is 5.65. The highest BCUT2D eigenvalue weighted by Crippen LogP contribution is 2.38. The van der Waals surface area contributed by atoms with Crippen LogP contribution in [0.4, 0.5) is 4.39 Å². The predicted octanol–water partition coefficient (Wildman–Crippen LogP) is 2.48. The van der Waals surface area contributed by atoms with Crippen LogP contribution in [0.3, 0.4) is 0 Å². The summed E-state index contributed by atoms with van der Waals surface area (Å²) in [6.07, 6.45) is 0. The summed E-state index contributed by atoms with van der Waals surface area (Å²) in [7, 11) is 3.08. The molecule has 0 unspecified atom stereocenters. The maximum atomic E-state index is 13.6. The second-order valence-electron chi connectivity index (χ2n) is 8.24. The molecule has 2 aromatic heterocycles. The van der Waals surface area contributed by atoms with Crippen LogP contribution in [0.1, 0.15) is 46.4 Å². The lowest BCUT2D eigenvalue weighted by atomic mass is 10.2. The summed E-state index contributed by atoms with van der Waals surface area (Å²) < 4.78 is 16.1. The average molecular weight is 476 g/mol. The maximum Gasteiger partial charge on any atom is 0.280 e. The van der Waals surface area contributed by atoms with Crippen LogP contribution in [-0.2, 0) is 6.54 Å². The molecule has 3 aromatic rings. The van der Waals surface area contributed by atoms with E-state index in [4.69, 9.17) is 11.6 Å². The lowest BCUT2D eigenvalue weighted by molar-refractivity contribution is 0.0684. The van der Waals surface area contributed by atoms with E-state index in [1.54, 1.807) is 19.0 Å². The smallest absolute Gasteiger partial charge is 0.280 e. The van der Waals surface area contributed by atoms with E-state index in [-0.39, 0.29) is 39.9 Å². The molecule has 11 heteroatoms. The molecule has 1 aliphatic heterocycles. The zero-order chi connectivity index (χ0) is 24.2. The van der Waals surface area contributed by atoms with Gasteiger partial charge in [-0.2, -0.15) is 5.10 Å². The van der Waals surface area contributed by atoms with Crippen molar-refractivity contribution in [2.24, 2.45) is 0 Å². The molecule has 33 heavy (non-hydrogen) atoms. The summed E-state index contributed by atoms with van der Waals surface area (Å²) in [6, 6.07) is 3.67. The number of likely N-dealkylation sites (N-methyl/N-ethyl adjacent to an activating group) is 1. The van der Waals surface area contributed by atoms with Gasteiger partial charge in [0, 0.05) is 33.2 Å². The van der Waals surface area contributed by atoms with Gasteiger partial charge in [-0.3, -0.25) is 14.4 Å². The number of rotatable bonds is 4. The van der Waals surface area contributed by atoms with Crippen molar-refractivity contribution >= 4 is 34.3 Å². The zero-order valence-electron chi connectivity index (χ0n) is 18.6. The third-order valence-electron chi connectivity index (χ3n) is 5.80. The van der Waals surface area contributed by atoms with Crippen molar-refractivity contribution < 1.29 is 19.1 Å². The Hall–Kier alpha value is -3.40. The molecule has 0 bridgehead atoms. The lowest BCUT2D eigenvalue weighted by Crippen LogP contribution is -2.42. The third kappa shape index (κ3) is 3.54. The van der Waals surface area contributed by atoms with Crippen molar-refractivity contribution in [2.75, 3.05) is 27.2 Å². The Balaban J connectivity index is 2.03. The number of fused-ring (bicyclic) bond motifs is 3. The van der Waals surface area contributed by atoms with Crippen LogP contribution in [0.5, 0.6) is 5.75 Å². The molecular formula is C22H23ClFN5O4. The van der Waals surface area contributed by atoms with Crippen molar-refractivity contribution in [1.29, 1.82) is 0 Å². The molecule has 1 N–H and O–H groups in total. The van der Waals surface area contributed by atoms with Crippen molar-refractivity contribution in [1.82, 2.24) is 24.1 Å². The van der Waals surface area contributed by atoms with Gasteiger partial charge in [-0.1, -0.05) is 17.7 Å². The van der Waals surface area contributed by atoms with E-state index in [1.807, 2.05) is 13.8 Å². The zero-order valence-corrected chi connectivity index (χ0v) is 19.4. The summed E-state index contributed by atoms with van der Waals surface area (Å²) >= 11 is 5.86. The molecule has 1 atom stereocenters. The highest BCUT2D eigenvalue weighted by Gasteiger charge is 2.37. The van der Waals surface area contributed by atoms with Gasteiger partial charge in [0.15, 0.2) is 17.1 Å². The Bertz CT molecular complexity index is 1360. The monoisotopic (exact) mass is 475 g/mol. The molecule has 9 nitrogen and oxygen atoms in total. The molecule has 4 rings (SSSR count). The molecule has 2 amide bonds. The molecule has 0 saturated heterocycles. The number of hydrogen-bond donors (Lipinski definition) is 1. The summed E-state index contributed by atoms with van der Waals surface area (Å²) in [4.78, 5) is 42.4. The van der Waals surface area contributed by atoms with Gasteiger partial charge in [0.2, 0.25) is 0 Å². The summed E-state index contributed by atoms with van der Waals surface area (Å²) in [5, 5.41) is 15.1. The van der Waals surface area contributed by atoms with E-state index in [1.165, 1.54) is 27.7 Å². The molecule has 0 saturated carbocycles. The predicted molar refractivity (Wildman–Crippen MR) is 120 cm³/mol. The van der Waals surface area contributed by atoms with Gasteiger partial charge >= 0.3 is 0 Å². The molecule has 3 heterocycles. The van der Waals surface area contributed by atoms with E-state index in [0.29, 0.717) is 18.7 Å². The summed E-state index contributed by atoms with van der Waals surface area (Å²) in [6.45, 7) is 4.34. The van der Waals surface area contributed by atoms with Crippen LogP contribution in [-0.4, -0.2) is 68.3 Å². The van der Waals surface area contributed by atoms with Gasteiger partial charge in [-0.05, 0) is 31.5 Å². The number of benzene rings is 1. The first-order valence-electron chi connectivity index (χ1n) is 10.4. The van der Waals surface area contributed by atoms with Crippen molar-refractivity contribution in [3.05, 3.63) is 56.3 Å². The lowest BCUT2D eigenvalue weighted by Gasteiger charge is -2.32. The van der Waals surface area contributed by atoms with Crippen LogP contribution in [0.15, 0.2) is 23.0 Å². The molecule has 1 aromatic carbocycles. The Labute approximate surface area is 193 Å². The van der Waals surface area contributed by atoms with E-state index in [0.717, 1.165) is 4.68 Å². The second-order valence-corrected chi connectivity index (χ2v) is 8.65. The van der Waals surface area contributed by atoms with E-state index >= 15 is 0 Å². The number of halogens is 2. The average Bonchev–Trinajstić information content (AvgIpc) is 3.09. The standard InChI is InChI=1S/C22H23ClFN5O4/c1-5-27-9-11(2)29-17-15(19(30)18(29)22(27)33)20(31)28(25-16(17)21(32)26(3)4)10-12-6-7-14(24)13(23)8-12/h6-8,11,30H,5,9-10H2,1-4H3/t11-/m0/s1. The number of hydrogen-bond acceptors (Lipinski definition) is 5.